The molecule has 2 rings (SSSR count). The zero-order valence-electron chi connectivity index (χ0n) is 10.5. The fraction of sp³-hybridized carbons (Fsp3) is 0.133. The van der Waals surface area contributed by atoms with Gasteiger partial charge in [0.1, 0.15) is 0 Å². The number of thioether (sulfide) groups is 1. The van der Waals surface area contributed by atoms with Gasteiger partial charge >= 0.3 is 0 Å². The maximum Gasteiger partial charge on any atom is 0.251 e. The number of hydrogen-bond acceptors (Lipinski definition) is 3. The van der Waals surface area contributed by atoms with Crippen molar-refractivity contribution in [3.05, 3.63) is 60.2 Å². The van der Waals surface area contributed by atoms with Crippen LogP contribution >= 0.6 is 11.8 Å². The summed E-state index contributed by atoms with van der Waals surface area (Å²) < 4.78 is 0. The van der Waals surface area contributed by atoms with E-state index in [-0.39, 0.29) is 5.91 Å². The van der Waals surface area contributed by atoms with Crippen LogP contribution in [0.25, 0.3) is 0 Å². The lowest BCUT2D eigenvalue weighted by Crippen LogP contribution is -2.25. The number of benzene rings is 2. The van der Waals surface area contributed by atoms with E-state index in [9.17, 15) is 4.79 Å². The van der Waals surface area contributed by atoms with Crippen molar-refractivity contribution >= 4 is 23.4 Å². The highest BCUT2D eigenvalue weighted by atomic mass is 32.2. The molecule has 0 saturated heterocycles. The van der Waals surface area contributed by atoms with Crippen LogP contribution in [0.15, 0.2) is 59.5 Å². The van der Waals surface area contributed by atoms with Gasteiger partial charge in [-0.05, 0) is 30.3 Å². The number of amides is 1. The maximum absolute atomic E-state index is 11.8. The van der Waals surface area contributed by atoms with Crippen LogP contribution in [0.3, 0.4) is 0 Å². The molecule has 2 aromatic carbocycles. The molecule has 19 heavy (non-hydrogen) atoms. The molecule has 0 aromatic heterocycles. The summed E-state index contributed by atoms with van der Waals surface area (Å²) in [6, 6.07) is 17.1. The van der Waals surface area contributed by atoms with Crippen molar-refractivity contribution in [2.75, 3.05) is 18.0 Å². The molecule has 0 atom stereocenters. The molecule has 0 radical (unpaired) electrons. The smallest absolute Gasteiger partial charge is 0.251 e. The van der Waals surface area contributed by atoms with Gasteiger partial charge in [-0.25, -0.2) is 0 Å². The Balaban J connectivity index is 1.75. The number of carbonyl (C=O) groups excluding carboxylic acids is 1. The molecule has 0 aliphatic heterocycles. The molecule has 1 amide bonds. The molecule has 0 bridgehead atoms. The SMILES string of the molecule is Nc1cccc(C(=O)NCCSc2ccccc2)c1. The van der Waals surface area contributed by atoms with Crippen molar-refractivity contribution in [2.45, 2.75) is 4.90 Å². The van der Waals surface area contributed by atoms with E-state index in [1.807, 2.05) is 18.2 Å². The van der Waals surface area contributed by atoms with E-state index in [1.165, 1.54) is 4.90 Å². The fourth-order valence-corrected chi connectivity index (χ4v) is 2.42. The Morgan fingerprint density at radius 1 is 1.11 bits per heavy atom. The largest absolute Gasteiger partial charge is 0.399 e. The minimum atomic E-state index is -0.0824. The zero-order chi connectivity index (χ0) is 13.5. The van der Waals surface area contributed by atoms with Crippen molar-refractivity contribution < 1.29 is 4.79 Å². The van der Waals surface area contributed by atoms with E-state index >= 15 is 0 Å². The van der Waals surface area contributed by atoms with Crippen LogP contribution in [-0.4, -0.2) is 18.2 Å². The Labute approximate surface area is 117 Å². The first-order valence-corrected chi connectivity index (χ1v) is 7.06. The molecule has 0 aliphatic carbocycles. The second-order valence-electron chi connectivity index (χ2n) is 4.04. The van der Waals surface area contributed by atoms with Gasteiger partial charge in [-0.15, -0.1) is 11.8 Å². The van der Waals surface area contributed by atoms with E-state index in [4.69, 9.17) is 5.73 Å². The van der Waals surface area contributed by atoms with E-state index in [0.29, 0.717) is 17.8 Å². The highest BCUT2D eigenvalue weighted by molar-refractivity contribution is 7.99. The monoisotopic (exact) mass is 272 g/mol. The molecule has 0 unspecified atom stereocenters. The first kappa shape index (κ1) is 13.5. The first-order valence-electron chi connectivity index (χ1n) is 6.07. The predicted molar refractivity (Wildman–Crippen MR) is 80.4 cm³/mol. The number of nitrogens with one attached hydrogen (secondary N) is 1. The van der Waals surface area contributed by atoms with Gasteiger partial charge in [0, 0.05) is 28.4 Å². The summed E-state index contributed by atoms with van der Waals surface area (Å²) in [4.78, 5) is 13.0. The summed E-state index contributed by atoms with van der Waals surface area (Å²) >= 11 is 1.72. The van der Waals surface area contributed by atoms with Crippen molar-refractivity contribution in [3.63, 3.8) is 0 Å². The third kappa shape index (κ3) is 4.34. The molecule has 4 heteroatoms. The number of rotatable bonds is 5. The summed E-state index contributed by atoms with van der Waals surface area (Å²) in [6.07, 6.45) is 0. The van der Waals surface area contributed by atoms with Crippen LogP contribution in [0.4, 0.5) is 5.69 Å². The van der Waals surface area contributed by atoms with Crippen molar-refractivity contribution in [1.82, 2.24) is 5.32 Å². The predicted octanol–water partition coefficient (Wildman–Crippen LogP) is 2.79. The molecule has 98 valence electrons. The van der Waals surface area contributed by atoms with Crippen LogP contribution in [0.2, 0.25) is 0 Å². The second-order valence-corrected chi connectivity index (χ2v) is 5.21. The van der Waals surface area contributed by atoms with Crippen LogP contribution < -0.4 is 11.1 Å². The Morgan fingerprint density at radius 3 is 2.63 bits per heavy atom. The number of carbonyl (C=O) groups is 1. The Hall–Kier alpha value is -1.94. The number of hydrogen-bond donors (Lipinski definition) is 2. The molecule has 0 spiro atoms. The highest BCUT2D eigenvalue weighted by Crippen LogP contribution is 2.15. The number of anilines is 1. The summed E-state index contributed by atoms with van der Waals surface area (Å²) in [6.45, 7) is 0.632. The summed E-state index contributed by atoms with van der Waals surface area (Å²) in [5.41, 5.74) is 6.85. The topological polar surface area (TPSA) is 55.1 Å². The highest BCUT2D eigenvalue weighted by Gasteiger charge is 2.04. The van der Waals surface area contributed by atoms with Gasteiger partial charge in [-0.1, -0.05) is 24.3 Å². The molecule has 3 nitrogen and oxygen atoms in total. The second kappa shape index (κ2) is 6.85. The van der Waals surface area contributed by atoms with Crippen LogP contribution in [-0.2, 0) is 0 Å². The minimum absolute atomic E-state index is 0.0824. The minimum Gasteiger partial charge on any atom is -0.399 e. The molecular weight excluding hydrogens is 256 g/mol. The fourth-order valence-electron chi connectivity index (χ4n) is 1.63. The zero-order valence-corrected chi connectivity index (χ0v) is 11.3. The molecule has 2 aromatic rings. The Bertz CT molecular complexity index is 543. The molecule has 0 fully saturated rings. The quantitative estimate of drug-likeness (QED) is 0.500. The third-order valence-corrected chi connectivity index (χ3v) is 3.56. The van der Waals surface area contributed by atoms with Crippen molar-refractivity contribution in [2.24, 2.45) is 0 Å². The first-order chi connectivity index (χ1) is 9.25. The van der Waals surface area contributed by atoms with Crippen molar-refractivity contribution in [3.8, 4) is 0 Å². The van der Waals surface area contributed by atoms with Gasteiger partial charge in [0.25, 0.3) is 5.91 Å². The molecule has 0 heterocycles. The third-order valence-electron chi connectivity index (χ3n) is 2.55. The van der Waals surface area contributed by atoms with E-state index in [2.05, 4.69) is 17.4 Å². The molecule has 0 aliphatic rings. The standard InChI is InChI=1S/C15H16N2OS/c16-13-6-4-5-12(11-13)15(18)17-9-10-19-14-7-2-1-3-8-14/h1-8,11H,9-10,16H2,(H,17,18). The van der Waals surface area contributed by atoms with Crippen LogP contribution in [0.5, 0.6) is 0 Å². The van der Waals surface area contributed by atoms with Gasteiger partial charge in [0.15, 0.2) is 0 Å². The molecule has 3 N–H and O–H groups in total. The molecule has 0 saturated carbocycles. The van der Waals surface area contributed by atoms with Gasteiger partial charge in [-0.2, -0.15) is 0 Å². The van der Waals surface area contributed by atoms with Crippen LogP contribution in [0.1, 0.15) is 10.4 Å². The van der Waals surface area contributed by atoms with Gasteiger partial charge < -0.3 is 11.1 Å². The normalized spacial score (nSPS) is 10.1. The number of nitrogens with two attached hydrogens (primary N) is 1. The lowest BCUT2D eigenvalue weighted by Gasteiger charge is -2.05. The van der Waals surface area contributed by atoms with Gasteiger partial charge in [0.05, 0.1) is 0 Å². The summed E-state index contributed by atoms with van der Waals surface area (Å²) in [5.74, 6) is 0.763. The maximum atomic E-state index is 11.8. The van der Waals surface area contributed by atoms with Gasteiger partial charge in [0.2, 0.25) is 0 Å². The van der Waals surface area contributed by atoms with Gasteiger partial charge in [-0.3, -0.25) is 4.79 Å². The van der Waals surface area contributed by atoms with E-state index in [0.717, 1.165) is 5.75 Å². The van der Waals surface area contributed by atoms with E-state index < -0.39 is 0 Å². The number of nitrogen functional groups attached to an aromatic ring is 1. The van der Waals surface area contributed by atoms with Crippen LogP contribution in [0, 0.1) is 0 Å². The average Bonchev–Trinajstić information content (AvgIpc) is 2.44. The Kier molecular flexibility index (Phi) is 4.86. The summed E-state index contributed by atoms with van der Waals surface area (Å²) in [7, 11) is 0. The average molecular weight is 272 g/mol. The molecular formula is C15H16N2OS. The van der Waals surface area contributed by atoms with Crippen molar-refractivity contribution in [1.29, 1.82) is 0 Å². The lowest BCUT2D eigenvalue weighted by atomic mass is 10.2. The van der Waals surface area contributed by atoms with E-state index in [1.54, 1.807) is 36.0 Å². The lowest BCUT2D eigenvalue weighted by molar-refractivity contribution is 0.0956. The Morgan fingerprint density at radius 2 is 1.89 bits per heavy atom. The summed E-state index contributed by atoms with van der Waals surface area (Å²) in [5, 5.41) is 2.88.